The van der Waals surface area contributed by atoms with Gasteiger partial charge in [0.1, 0.15) is 30.1 Å². The van der Waals surface area contributed by atoms with Crippen molar-refractivity contribution in [1.82, 2.24) is 14.3 Å². The molecule has 0 N–H and O–H groups in total. The van der Waals surface area contributed by atoms with Crippen LogP contribution in [0.2, 0.25) is 0 Å². The molecule has 1 saturated carbocycles. The lowest BCUT2D eigenvalue weighted by molar-refractivity contribution is -0.314. The Morgan fingerprint density at radius 2 is 1.58 bits per heavy atom. The topological polar surface area (TPSA) is 129 Å². The van der Waals surface area contributed by atoms with Crippen LogP contribution in [0.3, 0.4) is 0 Å². The summed E-state index contributed by atoms with van der Waals surface area (Å²) in [6, 6.07) is 14.9. The van der Waals surface area contributed by atoms with Crippen LogP contribution in [0.1, 0.15) is 109 Å². The Labute approximate surface area is 384 Å². The van der Waals surface area contributed by atoms with Crippen molar-refractivity contribution in [3.8, 4) is 11.1 Å². The van der Waals surface area contributed by atoms with Gasteiger partial charge in [-0.05, 0) is 120 Å². The van der Waals surface area contributed by atoms with Crippen molar-refractivity contribution in [2.75, 3.05) is 35.4 Å². The highest BCUT2D eigenvalue weighted by Crippen LogP contribution is 2.61. The smallest absolute Gasteiger partial charge is 0.306 e. The molecule has 354 valence electrons. The molecule has 1 aromatic carbocycles. The quantitative estimate of drug-likeness (QED) is 0.184. The second-order valence-electron chi connectivity index (χ2n) is 19.9. The first-order valence-electron chi connectivity index (χ1n) is 24.3. The summed E-state index contributed by atoms with van der Waals surface area (Å²) in [5, 5.41) is 0. The predicted molar refractivity (Wildman–Crippen MR) is 244 cm³/mol. The maximum Gasteiger partial charge on any atom is 0.306 e. The number of hydrogen-bond acceptors (Lipinski definition) is 12. The normalized spacial score (nSPS) is 38.9. The van der Waals surface area contributed by atoms with E-state index in [-0.39, 0.29) is 84.6 Å². The van der Waals surface area contributed by atoms with Crippen LogP contribution in [-0.4, -0.2) is 129 Å². The van der Waals surface area contributed by atoms with Crippen molar-refractivity contribution >= 4 is 17.4 Å². The van der Waals surface area contributed by atoms with Crippen molar-refractivity contribution in [2.45, 2.75) is 165 Å². The van der Waals surface area contributed by atoms with Crippen molar-refractivity contribution in [3.05, 3.63) is 71.7 Å². The number of ether oxygens (including phenoxy) is 8. The zero-order valence-electron chi connectivity index (χ0n) is 39.8. The molecule has 3 aromatic rings. The van der Waals surface area contributed by atoms with Gasteiger partial charge in [-0.3, -0.25) is 9.59 Å². The molecule has 13 nitrogen and oxygen atoms in total. The van der Waals surface area contributed by atoms with Gasteiger partial charge in [0.2, 0.25) is 0 Å². The van der Waals surface area contributed by atoms with Crippen LogP contribution in [-0.2, 0) is 47.5 Å². The number of imidazole rings is 1. The molecule has 0 amide bonds. The average molecular weight is 898 g/mol. The van der Waals surface area contributed by atoms with Crippen LogP contribution in [0.4, 0.5) is 0 Å². The van der Waals surface area contributed by atoms with Gasteiger partial charge in [-0.25, -0.2) is 4.98 Å². The Balaban J connectivity index is 1.09. The Bertz CT molecular complexity index is 2180. The van der Waals surface area contributed by atoms with Crippen LogP contribution in [0, 0.1) is 23.7 Å². The number of allylic oxidation sites excluding steroid dienone is 2. The van der Waals surface area contributed by atoms with E-state index in [0.29, 0.717) is 24.5 Å². The van der Waals surface area contributed by atoms with Gasteiger partial charge in [0, 0.05) is 62.9 Å². The summed E-state index contributed by atoms with van der Waals surface area (Å²) in [4.78, 5) is 37.2. The van der Waals surface area contributed by atoms with E-state index in [4.69, 9.17) is 42.9 Å². The van der Waals surface area contributed by atoms with E-state index in [1.165, 1.54) is 0 Å². The number of aromatic nitrogens is 2. The first-order valence-corrected chi connectivity index (χ1v) is 24.3. The Kier molecular flexibility index (Phi) is 14.0. The van der Waals surface area contributed by atoms with Gasteiger partial charge >= 0.3 is 5.97 Å². The molecule has 2 aromatic heterocycles. The molecule has 0 bridgehead atoms. The Hall–Kier alpha value is -3.53. The maximum absolute atomic E-state index is 15.3. The number of esters is 1. The van der Waals surface area contributed by atoms with E-state index < -0.39 is 30.5 Å². The van der Waals surface area contributed by atoms with Crippen LogP contribution >= 0.6 is 0 Å². The van der Waals surface area contributed by atoms with Crippen LogP contribution in [0.5, 0.6) is 0 Å². The summed E-state index contributed by atoms with van der Waals surface area (Å²) in [6.45, 7) is 8.18. The minimum absolute atomic E-state index is 0.00244. The minimum Gasteiger partial charge on any atom is -0.462 e. The molecule has 65 heavy (non-hydrogen) atoms. The lowest BCUT2D eigenvalue weighted by Crippen LogP contribution is -2.59. The number of Topliss-reactive ketones (excluding diaryl/α,β-unsaturated/α-hetero) is 1. The molecule has 4 fully saturated rings. The number of carbonyl (C=O) groups is 2. The molecule has 9 rings (SSSR count). The fourth-order valence-corrected chi connectivity index (χ4v) is 12.7. The molecule has 6 aliphatic rings. The lowest BCUT2D eigenvalue weighted by Gasteiger charge is -2.44. The van der Waals surface area contributed by atoms with Crippen LogP contribution < -0.4 is 0 Å². The van der Waals surface area contributed by atoms with Crippen molar-refractivity contribution in [3.63, 3.8) is 0 Å². The highest BCUT2D eigenvalue weighted by Gasteiger charge is 2.57. The largest absolute Gasteiger partial charge is 0.462 e. The SMILES string of the molecule is CC[C@H]1CCC[C@H](O[C@H]2CC[C@H](N(C)C)[C@@H](C)O2)[C@@H](C)C(=O)C2=C[C@H]3[C@@H]4C[C@H](O[C@@H]5O[C@@H](C)[C@H](OC)[C@@H](OC)[C@H]5OC)C[C@H]4c4c(nc5ccc(-c6ccccc6)cn45)[C@H]3[C@@H]2CC(=O)O1. The summed E-state index contributed by atoms with van der Waals surface area (Å²) in [5.74, 6) is -1.21. The highest BCUT2D eigenvalue weighted by atomic mass is 16.7. The number of cyclic esters (lactones) is 1. The second kappa shape index (κ2) is 19.6. The van der Waals surface area contributed by atoms with Gasteiger partial charge < -0.3 is 47.2 Å². The number of likely N-dealkylation sites (N-methyl/N-ethyl adjacent to an activating group) is 1. The van der Waals surface area contributed by atoms with Gasteiger partial charge in [0.15, 0.2) is 18.4 Å². The molecule has 5 heterocycles. The number of ketones is 1. The molecule has 0 unspecified atom stereocenters. The first kappa shape index (κ1) is 46.6. The Morgan fingerprint density at radius 1 is 0.815 bits per heavy atom. The van der Waals surface area contributed by atoms with Crippen molar-refractivity contribution < 1.29 is 47.5 Å². The molecule has 3 saturated heterocycles. The molecule has 3 aliphatic carbocycles. The summed E-state index contributed by atoms with van der Waals surface area (Å²) >= 11 is 0. The number of nitrogens with zero attached hydrogens (tertiary/aromatic N) is 3. The van der Waals surface area contributed by atoms with E-state index >= 15 is 4.79 Å². The monoisotopic (exact) mass is 898 g/mol. The third-order valence-corrected chi connectivity index (χ3v) is 16.0. The van der Waals surface area contributed by atoms with Gasteiger partial charge in [-0.1, -0.05) is 50.3 Å². The molecule has 13 heteroatoms. The number of benzene rings is 1. The van der Waals surface area contributed by atoms with E-state index in [1.807, 2.05) is 19.9 Å². The van der Waals surface area contributed by atoms with Gasteiger partial charge in [-0.2, -0.15) is 0 Å². The number of fused-ring (bicyclic) bond motifs is 10. The second-order valence-corrected chi connectivity index (χ2v) is 19.9. The molecule has 17 atom stereocenters. The number of rotatable bonds is 10. The Morgan fingerprint density at radius 3 is 2.29 bits per heavy atom. The number of hydrogen-bond donors (Lipinski definition) is 0. The standard InChI is InChI=1S/C52H71N3O10/c1-10-33-17-14-18-41(65-44-22-20-40(54(5)6)29(3)61-44)28(2)48(57)39-25-36-35-23-34(64-52-51(60-9)50(59-8)49(58-7)30(4)62-52)24-38(35)47-46(45(36)37(39)26-43(56)63-33)53-42-21-19-32(27-55(42)47)31-15-12-11-13-16-31/h11-13,15-16,19,21,25,27-30,33-38,40-41,44-45,49-52H,10,14,17-18,20,22-24,26H2,1-9H3/t28-,29-,30+,33+,34+,35+,36+,37-,38-,40+,41+,44+,45-,49+,50-,51-,52+/m1/s1. The van der Waals surface area contributed by atoms with E-state index in [9.17, 15) is 4.79 Å². The number of methoxy groups -OCH3 is 3. The summed E-state index contributed by atoms with van der Waals surface area (Å²) in [6.07, 6.45) is 7.25. The van der Waals surface area contributed by atoms with E-state index in [1.54, 1.807) is 21.3 Å². The molecule has 0 spiro atoms. The molecular weight excluding hydrogens is 827 g/mol. The van der Waals surface area contributed by atoms with Crippen molar-refractivity contribution in [2.24, 2.45) is 23.7 Å². The van der Waals surface area contributed by atoms with Gasteiger partial charge in [-0.15, -0.1) is 0 Å². The molecular formula is C52H71N3O10. The predicted octanol–water partition coefficient (Wildman–Crippen LogP) is 7.88. The van der Waals surface area contributed by atoms with Gasteiger partial charge in [0.05, 0.1) is 36.5 Å². The summed E-state index contributed by atoms with van der Waals surface area (Å²) < 4.78 is 53.2. The maximum atomic E-state index is 15.3. The first-order chi connectivity index (χ1) is 31.4. The van der Waals surface area contributed by atoms with Gasteiger partial charge in [0.25, 0.3) is 0 Å². The third kappa shape index (κ3) is 8.89. The molecule has 0 radical (unpaired) electrons. The fraction of sp³-hybridized carbons (Fsp3) is 0.673. The van der Waals surface area contributed by atoms with Crippen LogP contribution in [0.25, 0.3) is 16.8 Å². The zero-order chi connectivity index (χ0) is 45.7. The van der Waals surface area contributed by atoms with Crippen LogP contribution in [0.15, 0.2) is 60.3 Å². The van der Waals surface area contributed by atoms with Crippen molar-refractivity contribution in [1.29, 1.82) is 0 Å². The number of carbonyl (C=O) groups excluding carboxylic acids is 2. The lowest BCUT2D eigenvalue weighted by atomic mass is 9.66. The molecule has 3 aliphatic heterocycles. The fourth-order valence-electron chi connectivity index (χ4n) is 12.7. The zero-order valence-corrected chi connectivity index (χ0v) is 39.8. The highest BCUT2D eigenvalue weighted by molar-refractivity contribution is 5.99. The van der Waals surface area contributed by atoms with E-state index in [0.717, 1.165) is 66.7 Å². The average Bonchev–Trinajstić information content (AvgIpc) is 4.00. The third-order valence-electron chi connectivity index (χ3n) is 16.0. The van der Waals surface area contributed by atoms with E-state index in [2.05, 4.69) is 85.9 Å². The summed E-state index contributed by atoms with van der Waals surface area (Å²) in [7, 11) is 9.17. The minimum atomic E-state index is -0.680. The number of pyridine rings is 1. The summed E-state index contributed by atoms with van der Waals surface area (Å²) in [5.41, 5.74) is 5.84.